The van der Waals surface area contributed by atoms with Crippen molar-refractivity contribution in [3.8, 4) is 17.5 Å². The molecule has 7 heteroatoms. The summed E-state index contributed by atoms with van der Waals surface area (Å²) in [5.74, 6) is 0.529. The summed E-state index contributed by atoms with van der Waals surface area (Å²) in [5.41, 5.74) is 7.70. The van der Waals surface area contributed by atoms with Gasteiger partial charge in [0.15, 0.2) is 11.2 Å². The number of hydrogen-bond donors (Lipinski definition) is 1. The third kappa shape index (κ3) is 3.23. The summed E-state index contributed by atoms with van der Waals surface area (Å²) >= 11 is 0. The number of imidazole rings is 1. The largest absolute Gasteiger partial charge is 0.436 e. The zero-order valence-electron chi connectivity index (χ0n) is 20.0. The SMILES string of the molecule is Cc1ccc(-c2nc3c(C)cccc3o2)cc1N/C=c1\c(C)c(C#N)c2nc3ccccc3n2c1=O. The van der Waals surface area contributed by atoms with Crippen molar-refractivity contribution in [2.75, 3.05) is 5.32 Å². The second-order valence-electron chi connectivity index (χ2n) is 8.85. The van der Waals surface area contributed by atoms with E-state index in [-0.39, 0.29) is 5.56 Å². The molecule has 0 bridgehead atoms. The van der Waals surface area contributed by atoms with Crippen LogP contribution in [0.3, 0.4) is 0 Å². The van der Waals surface area contributed by atoms with Gasteiger partial charge in [-0.15, -0.1) is 0 Å². The molecule has 6 rings (SSSR count). The van der Waals surface area contributed by atoms with E-state index >= 15 is 0 Å². The number of benzene rings is 3. The van der Waals surface area contributed by atoms with E-state index in [1.165, 1.54) is 4.40 Å². The molecular weight excluding hydrogens is 450 g/mol. The van der Waals surface area contributed by atoms with Crippen LogP contribution in [0.2, 0.25) is 0 Å². The van der Waals surface area contributed by atoms with Gasteiger partial charge in [-0.2, -0.15) is 5.26 Å². The molecule has 0 aliphatic heterocycles. The van der Waals surface area contributed by atoms with Gasteiger partial charge in [0.25, 0.3) is 5.56 Å². The first-order valence-corrected chi connectivity index (χ1v) is 11.5. The summed E-state index contributed by atoms with van der Waals surface area (Å²) < 4.78 is 7.51. The highest BCUT2D eigenvalue weighted by Crippen LogP contribution is 2.29. The van der Waals surface area contributed by atoms with Crippen LogP contribution in [-0.2, 0) is 0 Å². The molecule has 0 fully saturated rings. The quantitative estimate of drug-likeness (QED) is 0.389. The minimum Gasteiger partial charge on any atom is -0.436 e. The fourth-order valence-corrected chi connectivity index (χ4v) is 4.56. The number of aromatic nitrogens is 3. The van der Waals surface area contributed by atoms with E-state index in [1.807, 2.05) is 74.5 Å². The fourth-order valence-electron chi connectivity index (χ4n) is 4.56. The van der Waals surface area contributed by atoms with Crippen LogP contribution in [0, 0.1) is 32.1 Å². The number of anilines is 1. The molecule has 3 heterocycles. The van der Waals surface area contributed by atoms with Crippen LogP contribution in [-0.4, -0.2) is 14.4 Å². The molecule has 3 aromatic carbocycles. The molecule has 36 heavy (non-hydrogen) atoms. The molecule has 0 aliphatic carbocycles. The van der Waals surface area contributed by atoms with E-state index in [9.17, 15) is 10.1 Å². The smallest absolute Gasteiger partial charge is 0.265 e. The third-order valence-corrected chi connectivity index (χ3v) is 6.59. The maximum Gasteiger partial charge on any atom is 0.265 e. The van der Waals surface area contributed by atoms with Gasteiger partial charge in [0.05, 0.1) is 21.8 Å². The van der Waals surface area contributed by atoms with E-state index in [0.717, 1.165) is 33.5 Å². The van der Waals surface area contributed by atoms with Crippen molar-refractivity contribution in [3.05, 3.63) is 98.5 Å². The van der Waals surface area contributed by atoms with Crippen LogP contribution in [0.25, 0.3) is 45.4 Å². The lowest BCUT2D eigenvalue weighted by molar-refractivity contribution is 0.620. The highest BCUT2D eigenvalue weighted by Gasteiger charge is 2.16. The van der Waals surface area contributed by atoms with E-state index in [4.69, 9.17) is 4.42 Å². The lowest BCUT2D eigenvalue weighted by atomic mass is 10.1. The Labute approximate surface area is 205 Å². The topological polar surface area (TPSA) is 96.2 Å². The molecule has 0 spiro atoms. The molecule has 0 aliphatic rings. The predicted molar refractivity (Wildman–Crippen MR) is 141 cm³/mol. The molecule has 6 aromatic rings. The van der Waals surface area contributed by atoms with Gasteiger partial charge in [0, 0.05) is 17.5 Å². The van der Waals surface area contributed by atoms with Crippen LogP contribution in [0.5, 0.6) is 0 Å². The molecule has 0 unspecified atom stereocenters. The number of nitrogens with zero attached hydrogens (tertiary/aromatic N) is 4. The van der Waals surface area contributed by atoms with Gasteiger partial charge in [0.2, 0.25) is 5.89 Å². The summed E-state index contributed by atoms with van der Waals surface area (Å²) in [6.45, 7) is 5.76. The lowest BCUT2D eigenvalue weighted by Gasteiger charge is -2.08. The average molecular weight is 472 g/mol. The summed E-state index contributed by atoms with van der Waals surface area (Å²) in [7, 11) is 0. The van der Waals surface area contributed by atoms with Crippen molar-refractivity contribution >= 4 is 39.7 Å². The molecule has 0 saturated carbocycles. The van der Waals surface area contributed by atoms with Gasteiger partial charge in [-0.1, -0.05) is 30.3 Å². The van der Waals surface area contributed by atoms with Crippen molar-refractivity contribution in [2.45, 2.75) is 20.8 Å². The number of fused-ring (bicyclic) bond motifs is 4. The maximum absolute atomic E-state index is 13.5. The number of hydrogen-bond acceptors (Lipinski definition) is 6. The van der Waals surface area contributed by atoms with E-state index in [2.05, 4.69) is 21.4 Å². The van der Waals surface area contributed by atoms with Gasteiger partial charge in [-0.25, -0.2) is 9.97 Å². The van der Waals surface area contributed by atoms with Crippen molar-refractivity contribution < 1.29 is 4.42 Å². The van der Waals surface area contributed by atoms with Crippen molar-refractivity contribution in [1.82, 2.24) is 14.4 Å². The molecule has 174 valence electrons. The monoisotopic (exact) mass is 471 g/mol. The van der Waals surface area contributed by atoms with Crippen molar-refractivity contribution in [1.29, 1.82) is 5.26 Å². The van der Waals surface area contributed by atoms with Gasteiger partial charge in [0.1, 0.15) is 11.6 Å². The van der Waals surface area contributed by atoms with E-state index in [0.29, 0.717) is 38.9 Å². The molecule has 3 aromatic heterocycles. The standard InChI is InChI=1S/C29H21N5O2/c1-16-11-12-19(28-33-26-17(2)7-6-10-25(26)36-28)13-23(16)31-15-21-18(3)20(14-30)27-32-22-8-4-5-9-24(22)34(27)29(21)35/h4-13,15,31H,1-3H3/b21-15+. The van der Waals surface area contributed by atoms with Gasteiger partial charge in [-0.05, 0) is 67.8 Å². The van der Waals surface area contributed by atoms with Gasteiger partial charge in [-0.3, -0.25) is 9.20 Å². The van der Waals surface area contributed by atoms with Crippen molar-refractivity contribution in [2.24, 2.45) is 0 Å². The number of oxazole rings is 1. The predicted octanol–water partition coefficient (Wildman–Crippen LogP) is 5.02. The average Bonchev–Trinajstić information content (AvgIpc) is 3.48. The number of nitriles is 1. The number of aryl methyl sites for hydroxylation is 2. The Morgan fingerprint density at radius 3 is 2.64 bits per heavy atom. The number of rotatable bonds is 3. The molecule has 0 atom stereocenters. The highest BCUT2D eigenvalue weighted by molar-refractivity contribution is 5.83. The normalized spacial score (nSPS) is 12.0. The Kier molecular flexibility index (Phi) is 4.83. The molecular formula is C29H21N5O2. The van der Waals surface area contributed by atoms with Crippen LogP contribution in [0.15, 0.2) is 69.9 Å². The minimum atomic E-state index is -0.231. The van der Waals surface area contributed by atoms with Crippen LogP contribution in [0.1, 0.15) is 22.3 Å². The molecule has 0 radical (unpaired) electrons. The van der Waals surface area contributed by atoms with Crippen molar-refractivity contribution in [3.63, 3.8) is 0 Å². The number of nitrogens with one attached hydrogen (secondary N) is 1. The Hall–Kier alpha value is -4.96. The van der Waals surface area contributed by atoms with Gasteiger partial charge >= 0.3 is 0 Å². The van der Waals surface area contributed by atoms with Crippen LogP contribution in [0.4, 0.5) is 5.69 Å². The first-order chi connectivity index (χ1) is 17.5. The van der Waals surface area contributed by atoms with Crippen LogP contribution >= 0.6 is 0 Å². The Balaban J connectivity index is 1.49. The van der Waals surface area contributed by atoms with Crippen LogP contribution < -0.4 is 16.1 Å². The van der Waals surface area contributed by atoms with Gasteiger partial charge < -0.3 is 9.73 Å². The number of pyridine rings is 1. The second-order valence-corrected chi connectivity index (χ2v) is 8.85. The summed E-state index contributed by atoms with van der Waals surface area (Å²) in [4.78, 5) is 22.8. The molecule has 0 saturated heterocycles. The first kappa shape index (κ1) is 21.6. The highest BCUT2D eigenvalue weighted by atomic mass is 16.3. The summed E-state index contributed by atoms with van der Waals surface area (Å²) in [6.07, 6.45) is 1.66. The third-order valence-electron chi connectivity index (χ3n) is 6.59. The minimum absolute atomic E-state index is 0.231. The molecule has 7 nitrogen and oxygen atoms in total. The molecule has 1 N–H and O–H groups in total. The zero-order chi connectivity index (χ0) is 25.0. The Bertz CT molecular complexity index is 1990. The zero-order valence-corrected chi connectivity index (χ0v) is 20.0. The summed E-state index contributed by atoms with van der Waals surface area (Å²) in [5, 5.41) is 13.6. The molecule has 0 amide bonds. The Morgan fingerprint density at radius 1 is 1.00 bits per heavy atom. The van der Waals surface area contributed by atoms with E-state index < -0.39 is 0 Å². The van der Waals surface area contributed by atoms with E-state index in [1.54, 1.807) is 13.1 Å². The first-order valence-electron chi connectivity index (χ1n) is 11.5. The maximum atomic E-state index is 13.5. The Morgan fingerprint density at radius 2 is 1.83 bits per heavy atom. The second kappa shape index (κ2) is 8.07. The number of para-hydroxylation sites is 3. The fraction of sp³-hybridized carbons (Fsp3) is 0.103. The lowest BCUT2D eigenvalue weighted by Crippen LogP contribution is -2.35. The summed E-state index contributed by atoms with van der Waals surface area (Å²) in [6, 6.07) is 21.4.